The van der Waals surface area contributed by atoms with Gasteiger partial charge < -0.3 is 19.1 Å². The molecule has 9 heteroatoms. The van der Waals surface area contributed by atoms with E-state index in [-0.39, 0.29) is 28.8 Å². The summed E-state index contributed by atoms with van der Waals surface area (Å²) in [6.07, 6.45) is 0.413. The number of rotatable bonds is 5. The zero-order valence-corrected chi connectivity index (χ0v) is 18.1. The van der Waals surface area contributed by atoms with Gasteiger partial charge in [-0.3, -0.25) is 0 Å². The van der Waals surface area contributed by atoms with Crippen LogP contribution in [0.5, 0.6) is 17.2 Å². The molecule has 7 nitrogen and oxygen atoms in total. The van der Waals surface area contributed by atoms with Crippen molar-refractivity contribution in [1.29, 1.82) is 0 Å². The Bertz CT molecular complexity index is 1310. The molecule has 5 rings (SSSR count). The van der Waals surface area contributed by atoms with Gasteiger partial charge in [-0.1, -0.05) is 35.9 Å². The van der Waals surface area contributed by atoms with E-state index in [2.05, 4.69) is 4.98 Å². The summed E-state index contributed by atoms with van der Waals surface area (Å²) >= 11 is 5.99. The van der Waals surface area contributed by atoms with Crippen LogP contribution >= 0.6 is 11.6 Å². The van der Waals surface area contributed by atoms with Gasteiger partial charge in [0.25, 0.3) is 0 Å². The summed E-state index contributed by atoms with van der Waals surface area (Å²) in [5.74, 6) is 0.195. The molecule has 3 heterocycles. The Kier molecular flexibility index (Phi) is 5.08. The minimum atomic E-state index is -4.10. The zero-order valence-electron chi connectivity index (χ0n) is 16.6. The SMILES string of the molecule is O=S(=O)(Oc1cccnc1Cl)C1CC2OC1C(c1ccc(O)cc1)=C2c1ccc(O)cc1. The molecule has 2 aromatic carbocycles. The largest absolute Gasteiger partial charge is 0.508 e. The van der Waals surface area contributed by atoms with E-state index < -0.39 is 27.6 Å². The molecule has 2 aliphatic heterocycles. The van der Waals surface area contributed by atoms with Gasteiger partial charge in [-0.25, -0.2) is 4.98 Å². The van der Waals surface area contributed by atoms with Crippen LogP contribution in [0.3, 0.4) is 0 Å². The molecule has 3 unspecified atom stereocenters. The maximum atomic E-state index is 13.2. The smallest absolute Gasteiger partial charge is 0.315 e. The minimum Gasteiger partial charge on any atom is -0.508 e. The highest BCUT2D eigenvalue weighted by atomic mass is 35.5. The number of halogens is 1. The number of benzene rings is 2. The minimum absolute atomic E-state index is 0.0362. The first-order chi connectivity index (χ1) is 15.3. The first-order valence-corrected chi connectivity index (χ1v) is 11.7. The van der Waals surface area contributed by atoms with Crippen LogP contribution < -0.4 is 4.18 Å². The monoisotopic (exact) mass is 471 g/mol. The maximum Gasteiger partial charge on any atom is 0.315 e. The first-order valence-electron chi connectivity index (χ1n) is 9.85. The van der Waals surface area contributed by atoms with Gasteiger partial charge in [0.05, 0.1) is 6.10 Å². The predicted molar refractivity (Wildman–Crippen MR) is 119 cm³/mol. The molecule has 3 aromatic rings. The molecule has 164 valence electrons. The lowest BCUT2D eigenvalue weighted by molar-refractivity contribution is 0.128. The Balaban J connectivity index is 1.57. The second-order valence-corrected chi connectivity index (χ2v) is 9.72. The molecule has 2 aliphatic rings. The Morgan fingerprint density at radius 3 is 2.12 bits per heavy atom. The molecule has 2 N–H and O–H groups in total. The highest BCUT2D eigenvalue weighted by Crippen LogP contribution is 2.51. The maximum absolute atomic E-state index is 13.2. The third-order valence-corrected chi connectivity index (χ3v) is 7.53. The Morgan fingerprint density at radius 2 is 1.53 bits per heavy atom. The topological polar surface area (TPSA) is 106 Å². The molecular weight excluding hydrogens is 454 g/mol. The van der Waals surface area contributed by atoms with Gasteiger partial charge in [0.2, 0.25) is 0 Å². The van der Waals surface area contributed by atoms with Crippen molar-refractivity contribution in [3.05, 3.63) is 83.1 Å². The van der Waals surface area contributed by atoms with Crippen LogP contribution in [0.25, 0.3) is 11.1 Å². The van der Waals surface area contributed by atoms with E-state index in [1.54, 1.807) is 42.5 Å². The van der Waals surface area contributed by atoms with Gasteiger partial charge in [-0.15, -0.1) is 0 Å². The fourth-order valence-electron chi connectivity index (χ4n) is 4.25. The molecule has 2 bridgehead atoms. The van der Waals surface area contributed by atoms with Crippen molar-refractivity contribution in [3.8, 4) is 17.2 Å². The van der Waals surface area contributed by atoms with Crippen molar-refractivity contribution >= 4 is 32.9 Å². The molecule has 1 saturated heterocycles. The van der Waals surface area contributed by atoms with Crippen LogP contribution in [0.2, 0.25) is 5.15 Å². The number of hydrogen-bond acceptors (Lipinski definition) is 7. The molecule has 0 saturated carbocycles. The fourth-order valence-corrected chi connectivity index (χ4v) is 5.88. The highest BCUT2D eigenvalue weighted by Gasteiger charge is 2.53. The molecule has 3 atom stereocenters. The molecule has 0 spiro atoms. The van der Waals surface area contributed by atoms with E-state index in [1.165, 1.54) is 24.4 Å². The summed E-state index contributed by atoms with van der Waals surface area (Å²) in [7, 11) is -4.10. The molecule has 0 radical (unpaired) electrons. The molecule has 1 fully saturated rings. The Hall–Kier alpha value is -3.07. The molecule has 0 aliphatic carbocycles. The highest BCUT2D eigenvalue weighted by molar-refractivity contribution is 7.87. The molecule has 32 heavy (non-hydrogen) atoms. The molecule has 0 amide bonds. The van der Waals surface area contributed by atoms with Crippen molar-refractivity contribution in [2.24, 2.45) is 0 Å². The number of phenols is 2. The number of ether oxygens (including phenoxy) is 1. The van der Waals surface area contributed by atoms with Gasteiger partial charge in [0.15, 0.2) is 10.9 Å². The average molecular weight is 472 g/mol. The predicted octanol–water partition coefficient (Wildman–Crippen LogP) is 4.01. The summed E-state index contributed by atoms with van der Waals surface area (Å²) in [5.41, 5.74) is 3.12. The van der Waals surface area contributed by atoms with Gasteiger partial charge in [0, 0.05) is 12.6 Å². The Morgan fingerprint density at radius 1 is 0.938 bits per heavy atom. The van der Waals surface area contributed by atoms with Crippen molar-refractivity contribution in [2.75, 3.05) is 0 Å². The lowest BCUT2D eigenvalue weighted by Crippen LogP contribution is -2.35. The van der Waals surface area contributed by atoms with Crippen LogP contribution in [0, 0.1) is 0 Å². The number of aromatic hydroxyl groups is 2. The molecular formula is C23H18ClNO6S. The standard InChI is InChI=1S/C23H18ClNO6S/c24-23-17(2-1-11-25-23)31-32(28,29)19-12-18-20(13-3-7-15(26)8-4-13)21(22(19)30-18)14-5-9-16(27)10-6-14/h1-11,18-19,22,26-27H,12H2. The van der Waals surface area contributed by atoms with Crippen LogP contribution in [-0.2, 0) is 14.9 Å². The first kappa shape index (κ1) is 20.8. The van der Waals surface area contributed by atoms with E-state index in [0.29, 0.717) is 5.57 Å². The van der Waals surface area contributed by atoms with E-state index in [0.717, 1.165) is 16.7 Å². The van der Waals surface area contributed by atoms with E-state index >= 15 is 0 Å². The van der Waals surface area contributed by atoms with Crippen LogP contribution in [0.15, 0.2) is 66.9 Å². The average Bonchev–Trinajstić information content (AvgIpc) is 3.36. The van der Waals surface area contributed by atoms with E-state index in [4.69, 9.17) is 20.5 Å². The normalized spacial score (nSPS) is 22.3. The quantitative estimate of drug-likeness (QED) is 0.428. The van der Waals surface area contributed by atoms with Crippen molar-refractivity contribution in [2.45, 2.75) is 23.9 Å². The van der Waals surface area contributed by atoms with Crippen LogP contribution in [-0.4, -0.2) is 41.1 Å². The third kappa shape index (κ3) is 3.60. The summed E-state index contributed by atoms with van der Waals surface area (Å²) < 4.78 is 37.8. The summed E-state index contributed by atoms with van der Waals surface area (Å²) in [6, 6.07) is 16.2. The second kappa shape index (κ2) is 7.81. The summed E-state index contributed by atoms with van der Waals surface area (Å²) in [5, 5.41) is 18.4. The van der Waals surface area contributed by atoms with E-state index in [1.807, 2.05) is 0 Å². The summed E-state index contributed by atoms with van der Waals surface area (Å²) in [4.78, 5) is 3.86. The number of aromatic nitrogens is 1. The van der Waals surface area contributed by atoms with Gasteiger partial charge in [-0.05, 0) is 58.7 Å². The van der Waals surface area contributed by atoms with E-state index in [9.17, 15) is 18.6 Å². The lowest BCUT2D eigenvalue weighted by atomic mass is 9.83. The fraction of sp³-hybridized carbons (Fsp3) is 0.174. The van der Waals surface area contributed by atoms with Crippen LogP contribution in [0.4, 0.5) is 0 Å². The number of pyridine rings is 1. The number of hydrogen-bond donors (Lipinski definition) is 2. The summed E-state index contributed by atoms with van der Waals surface area (Å²) in [6.45, 7) is 0. The van der Waals surface area contributed by atoms with Crippen molar-refractivity contribution in [3.63, 3.8) is 0 Å². The van der Waals surface area contributed by atoms with Crippen LogP contribution in [0.1, 0.15) is 17.5 Å². The van der Waals surface area contributed by atoms with Gasteiger partial charge >= 0.3 is 10.1 Å². The van der Waals surface area contributed by atoms with Crippen molar-refractivity contribution < 1.29 is 27.6 Å². The second-order valence-electron chi connectivity index (χ2n) is 7.61. The number of phenolic OH excluding ortho intramolecular Hbond substituents is 2. The molecule has 1 aromatic heterocycles. The van der Waals surface area contributed by atoms with Gasteiger partial charge in [0.1, 0.15) is 22.9 Å². The number of fused-ring (bicyclic) bond motifs is 2. The van der Waals surface area contributed by atoms with Crippen molar-refractivity contribution in [1.82, 2.24) is 4.98 Å². The Labute approximate surface area is 189 Å². The third-order valence-electron chi connectivity index (χ3n) is 5.65. The number of nitrogens with zero attached hydrogens (tertiary/aromatic N) is 1. The lowest BCUT2D eigenvalue weighted by Gasteiger charge is -2.24. The zero-order chi connectivity index (χ0) is 22.5. The van der Waals surface area contributed by atoms with Gasteiger partial charge in [-0.2, -0.15) is 8.42 Å².